The standard InChI is InChI=1S/C16H16N6OS/c1-10-11(24-14(21-10)12-17-6-4-7-18-12)13(23)22-16(2,3)15-19-8-5-9-20-15/h4-9H,1-3H3,(H,22,23). The third-order valence-electron chi connectivity index (χ3n) is 3.31. The van der Waals surface area contributed by atoms with Gasteiger partial charge in [0, 0.05) is 24.8 Å². The van der Waals surface area contributed by atoms with Crippen molar-refractivity contribution in [3.63, 3.8) is 0 Å². The minimum absolute atomic E-state index is 0.218. The molecule has 1 N–H and O–H groups in total. The summed E-state index contributed by atoms with van der Waals surface area (Å²) in [6.45, 7) is 5.51. The van der Waals surface area contributed by atoms with Gasteiger partial charge in [0.2, 0.25) is 0 Å². The number of rotatable bonds is 4. The SMILES string of the molecule is Cc1nc(-c2ncccn2)sc1C(=O)NC(C)(C)c1ncccn1. The van der Waals surface area contributed by atoms with Gasteiger partial charge in [-0.3, -0.25) is 4.79 Å². The Labute approximate surface area is 143 Å². The third-order valence-corrected chi connectivity index (χ3v) is 4.46. The molecule has 0 aliphatic carbocycles. The number of nitrogens with one attached hydrogen (secondary N) is 1. The van der Waals surface area contributed by atoms with Crippen LogP contribution in [0.5, 0.6) is 0 Å². The van der Waals surface area contributed by atoms with Crippen LogP contribution < -0.4 is 5.32 Å². The molecule has 0 saturated carbocycles. The monoisotopic (exact) mass is 340 g/mol. The fourth-order valence-corrected chi connectivity index (χ4v) is 3.04. The summed E-state index contributed by atoms with van der Waals surface area (Å²) in [7, 11) is 0. The molecule has 3 aromatic rings. The van der Waals surface area contributed by atoms with Crippen molar-refractivity contribution in [2.24, 2.45) is 0 Å². The van der Waals surface area contributed by atoms with E-state index in [0.717, 1.165) is 0 Å². The fraction of sp³-hybridized carbons (Fsp3) is 0.250. The Bertz CT molecular complexity index is 848. The first-order valence-electron chi connectivity index (χ1n) is 7.32. The molecule has 122 valence electrons. The van der Waals surface area contributed by atoms with E-state index in [2.05, 4.69) is 30.2 Å². The van der Waals surface area contributed by atoms with E-state index in [9.17, 15) is 4.79 Å². The number of amides is 1. The molecule has 0 bridgehead atoms. The molecular formula is C16H16N6OS. The van der Waals surface area contributed by atoms with Gasteiger partial charge in [-0.05, 0) is 32.9 Å². The van der Waals surface area contributed by atoms with Gasteiger partial charge >= 0.3 is 0 Å². The van der Waals surface area contributed by atoms with Crippen LogP contribution in [0.3, 0.4) is 0 Å². The van der Waals surface area contributed by atoms with Gasteiger partial charge < -0.3 is 5.32 Å². The zero-order chi connectivity index (χ0) is 17.2. The van der Waals surface area contributed by atoms with Crippen molar-refractivity contribution < 1.29 is 4.79 Å². The van der Waals surface area contributed by atoms with Crippen LogP contribution in [0.15, 0.2) is 36.9 Å². The second kappa shape index (κ2) is 6.40. The van der Waals surface area contributed by atoms with Crippen LogP contribution in [-0.4, -0.2) is 30.8 Å². The molecule has 24 heavy (non-hydrogen) atoms. The van der Waals surface area contributed by atoms with Crippen LogP contribution in [0.1, 0.15) is 35.0 Å². The van der Waals surface area contributed by atoms with Gasteiger partial charge in [-0.15, -0.1) is 11.3 Å². The predicted molar refractivity (Wildman–Crippen MR) is 90.4 cm³/mol. The second-order valence-corrected chi connectivity index (χ2v) is 6.66. The van der Waals surface area contributed by atoms with Gasteiger partial charge in [-0.2, -0.15) is 0 Å². The highest BCUT2D eigenvalue weighted by Gasteiger charge is 2.28. The maximum Gasteiger partial charge on any atom is 0.264 e. The molecule has 0 saturated heterocycles. The lowest BCUT2D eigenvalue weighted by Crippen LogP contribution is -2.42. The van der Waals surface area contributed by atoms with Crippen molar-refractivity contribution in [1.82, 2.24) is 30.2 Å². The van der Waals surface area contributed by atoms with Crippen LogP contribution in [0.2, 0.25) is 0 Å². The average molecular weight is 340 g/mol. The van der Waals surface area contributed by atoms with E-state index >= 15 is 0 Å². The molecule has 7 nitrogen and oxygen atoms in total. The number of aromatic nitrogens is 5. The molecule has 0 fully saturated rings. The highest BCUT2D eigenvalue weighted by Crippen LogP contribution is 2.26. The van der Waals surface area contributed by atoms with Crippen LogP contribution >= 0.6 is 11.3 Å². The largest absolute Gasteiger partial charge is 0.339 e. The lowest BCUT2D eigenvalue weighted by Gasteiger charge is -2.24. The summed E-state index contributed by atoms with van der Waals surface area (Å²) in [5.74, 6) is 0.840. The molecule has 1 amide bonds. The zero-order valence-electron chi connectivity index (χ0n) is 13.5. The fourth-order valence-electron chi connectivity index (χ4n) is 2.13. The quantitative estimate of drug-likeness (QED) is 0.783. The van der Waals surface area contributed by atoms with E-state index in [0.29, 0.717) is 27.2 Å². The summed E-state index contributed by atoms with van der Waals surface area (Å²) in [5, 5.41) is 3.58. The lowest BCUT2D eigenvalue weighted by molar-refractivity contribution is 0.0912. The topological polar surface area (TPSA) is 93.5 Å². The highest BCUT2D eigenvalue weighted by molar-refractivity contribution is 7.17. The normalized spacial score (nSPS) is 11.3. The maximum atomic E-state index is 12.7. The lowest BCUT2D eigenvalue weighted by atomic mass is 10.0. The summed E-state index contributed by atoms with van der Waals surface area (Å²) in [5.41, 5.74) is -0.0530. The first-order chi connectivity index (χ1) is 11.5. The number of hydrogen-bond acceptors (Lipinski definition) is 7. The van der Waals surface area contributed by atoms with Gasteiger partial charge in [-0.1, -0.05) is 0 Å². The zero-order valence-corrected chi connectivity index (χ0v) is 14.3. The minimum atomic E-state index is -0.696. The number of carbonyl (C=O) groups excluding carboxylic acids is 1. The maximum absolute atomic E-state index is 12.7. The van der Waals surface area contributed by atoms with Crippen LogP contribution in [-0.2, 0) is 5.54 Å². The molecule has 0 aliphatic rings. The third kappa shape index (κ3) is 3.28. The van der Waals surface area contributed by atoms with Crippen molar-refractivity contribution in [3.05, 3.63) is 53.3 Å². The van der Waals surface area contributed by atoms with Crippen LogP contribution in [0.25, 0.3) is 10.8 Å². The molecule has 3 aromatic heterocycles. The van der Waals surface area contributed by atoms with Gasteiger partial charge in [0.1, 0.15) is 4.88 Å². The summed E-state index contributed by atoms with van der Waals surface area (Å²) in [6.07, 6.45) is 6.60. The Balaban J connectivity index is 1.85. The van der Waals surface area contributed by atoms with Gasteiger partial charge in [0.25, 0.3) is 5.91 Å². The highest BCUT2D eigenvalue weighted by atomic mass is 32.1. The Kier molecular flexibility index (Phi) is 4.30. The van der Waals surface area contributed by atoms with Gasteiger partial charge in [0.05, 0.1) is 11.2 Å². The van der Waals surface area contributed by atoms with E-state index in [4.69, 9.17) is 0 Å². The van der Waals surface area contributed by atoms with Gasteiger partial charge in [0.15, 0.2) is 16.7 Å². The smallest absolute Gasteiger partial charge is 0.264 e. The Morgan fingerprint density at radius 1 is 1.04 bits per heavy atom. The first kappa shape index (κ1) is 16.1. The minimum Gasteiger partial charge on any atom is -0.339 e. The van der Waals surface area contributed by atoms with Crippen LogP contribution in [0, 0.1) is 6.92 Å². The van der Waals surface area contributed by atoms with Crippen LogP contribution in [0.4, 0.5) is 0 Å². The molecule has 3 rings (SSSR count). The van der Waals surface area contributed by atoms with Crippen molar-refractivity contribution in [2.75, 3.05) is 0 Å². The predicted octanol–water partition coefficient (Wildman–Crippen LogP) is 2.36. The Morgan fingerprint density at radius 2 is 1.62 bits per heavy atom. The molecule has 0 atom stereocenters. The molecule has 0 spiro atoms. The molecule has 0 aromatic carbocycles. The van der Waals surface area contributed by atoms with Crippen molar-refractivity contribution in [3.8, 4) is 10.8 Å². The van der Waals surface area contributed by atoms with Crippen molar-refractivity contribution in [1.29, 1.82) is 0 Å². The van der Waals surface area contributed by atoms with Gasteiger partial charge in [-0.25, -0.2) is 24.9 Å². The van der Waals surface area contributed by atoms with E-state index in [1.54, 1.807) is 43.8 Å². The van der Waals surface area contributed by atoms with E-state index in [1.165, 1.54) is 11.3 Å². The average Bonchev–Trinajstić information content (AvgIpc) is 2.98. The van der Waals surface area contributed by atoms with Crippen molar-refractivity contribution in [2.45, 2.75) is 26.3 Å². The molecule has 8 heteroatoms. The number of carbonyl (C=O) groups is 1. The summed E-state index contributed by atoms with van der Waals surface area (Å²) in [6, 6.07) is 3.47. The van der Waals surface area contributed by atoms with E-state index in [1.807, 2.05) is 13.8 Å². The number of aryl methyl sites for hydroxylation is 1. The molecule has 3 heterocycles. The molecule has 0 radical (unpaired) electrons. The van der Waals surface area contributed by atoms with E-state index in [-0.39, 0.29) is 5.91 Å². The number of nitrogens with zero attached hydrogens (tertiary/aromatic N) is 5. The van der Waals surface area contributed by atoms with E-state index < -0.39 is 5.54 Å². The molecule has 0 unspecified atom stereocenters. The van der Waals surface area contributed by atoms with Crippen molar-refractivity contribution >= 4 is 17.2 Å². The summed E-state index contributed by atoms with van der Waals surface area (Å²) < 4.78 is 0. The number of thiazole rings is 1. The summed E-state index contributed by atoms with van der Waals surface area (Å²) in [4.78, 5) is 34.4. The second-order valence-electron chi connectivity index (χ2n) is 5.66. The molecule has 0 aliphatic heterocycles. The number of hydrogen-bond donors (Lipinski definition) is 1. The Hall–Kier alpha value is -2.74. The first-order valence-corrected chi connectivity index (χ1v) is 8.14. The summed E-state index contributed by atoms with van der Waals surface area (Å²) >= 11 is 1.27. The molecular weight excluding hydrogens is 324 g/mol. The Morgan fingerprint density at radius 3 is 2.25 bits per heavy atom.